The van der Waals surface area contributed by atoms with E-state index < -0.39 is 24.3 Å². The van der Waals surface area contributed by atoms with Crippen molar-refractivity contribution in [2.75, 3.05) is 44.3 Å². The fraction of sp³-hybridized carbons (Fsp3) is 0.440. The van der Waals surface area contributed by atoms with Crippen LogP contribution in [0.5, 0.6) is 0 Å². The van der Waals surface area contributed by atoms with Crippen molar-refractivity contribution in [2.24, 2.45) is 0 Å². The van der Waals surface area contributed by atoms with Gasteiger partial charge in [0.25, 0.3) is 11.5 Å². The average molecular weight is 503 g/mol. The quantitative estimate of drug-likeness (QED) is 0.464. The Labute approximate surface area is 206 Å². The summed E-state index contributed by atoms with van der Waals surface area (Å²) in [6.07, 6.45) is 4.54. The number of hydrogen-bond acceptors (Lipinski definition) is 6. The fourth-order valence-corrected chi connectivity index (χ4v) is 4.47. The summed E-state index contributed by atoms with van der Waals surface area (Å²) in [5.74, 6) is -0.527. The molecule has 8 nitrogen and oxygen atoms in total. The van der Waals surface area contributed by atoms with Gasteiger partial charge in [-0.25, -0.2) is 18.7 Å². The standard InChI is InChI=1S/C13H13FN2O.C12H16F2N4O/c14-9-5-6-11-10(7-9)13(17)16-12(15-11)8-3-1-2-4-8;13-3-4-16-12(19)9-1-2-10(11(14)17-9)18-7-5-15-6-8-18/h5-8H,1-4H2,(H,15,16,17);1-2,15H,3-8H2,(H,16,19). The number of H-pyrrole nitrogens is 1. The molecule has 0 unspecified atom stereocenters. The van der Waals surface area contributed by atoms with Crippen LogP contribution in [0, 0.1) is 11.8 Å². The zero-order valence-electron chi connectivity index (χ0n) is 19.8. The van der Waals surface area contributed by atoms with Crippen LogP contribution < -0.4 is 21.1 Å². The summed E-state index contributed by atoms with van der Waals surface area (Å²) in [5.41, 5.74) is 0.696. The second kappa shape index (κ2) is 12.0. The molecular formula is C25H29F3N6O2. The molecule has 36 heavy (non-hydrogen) atoms. The highest BCUT2D eigenvalue weighted by Gasteiger charge is 2.20. The molecule has 5 rings (SSSR count). The molecule has 3 heterocycles. The molecule has 3 aromatic rings. The van der Waals surface area contributed by atoms with Crippen LogP contribution in [-0.2, 0) is 0 Å². The zero-order valence-corrected chi connectivity index (χ0v) is 19.8. The van der Waals surface area contributed by atoms with E-state index in [0.717, 1.165) is 31.8 Å². The predicted octanol–water partition coefficient (Wildman–Crippen LogP) is 3.05. The maximum Gasteiger partial charge on any atom is 0.270 e. The molecule has 11 heteroatoms. The third kappa shape index (κ3) is 6.20. The van der Waals surface area contributed by atoms with Crippen LogP contribution in [0.15, 0.2) is 35.1 Å². The molecule has 1 aliphatic carbocycles. The Hall–Kier alpha value is -3.47. The molecular weight excluding hydrogens is 473 g/mol. The normalized spacial score (nSPS) is 16.0. The minimum Gasteiger partial charge on any atom is -0.365 e. The minimum absolute atomic E-state index is 0.0372. The van der Waals surface area contributed by atoms with Gasteiger partial charge in [0.1, 0.15) is 24.0 Å². The maximum absolute atomic E-state index is 13.9. The van der Waals surface area contributed by atoms with E-state index in [0.29, 0.717) is 35.6 Å². The first kappa shape index (κ1) is 25.6. The van der Waals surface area contributed by atoms with Gasteiger partial charge in [-0.15, -0.1) is 0 Å². The lowest BCUT2D eigenvalue weighted by molar-refractivity contribution is 0.0944. The largest absolute Gasteiger partial charge is 0.365 e. The molecule has 1 aromatic carbocycles. The number of rotatable bonds is 5. The Bertz CT molecular complexity index is 1260. The second-order valence-electron chi connectivity index (χ2n) is 8.78. The first-order valence-electron chi connectivity index (χ1n) is 12.1. The number of carbonyl (C=O) groups excluding carboxylic acids is 1. The molecule has 2 aliphatic rings. The highest BCUT2D eigenvalue weighted by Crippen LogP contribution is 2.32. The van der Waals surface area contributed by atoms with Crippen LogP contribution in [0.1, 0.15) is 47.9 Å². The highest BCUT2D eigenvalue weighted by molar-refractivity contribution is 5.92. The molecule has 0 bridgehead atoms. The molecule has 1 aliphatic heterocycles. The summed E-state index contributed by atoms with van der Waals surface area (Å²) < 4.78 is 38.9. The fourth-order valence-electron chi connectivity index (χ4n) is 4.47. The third-order valence-corrected chi connectivity index (χ3v) is 6.33. The van der Waals surface area contributed by atoms with Crippen molar-refractivity contribution in [3.05, 3.63) is 64.0 Å². The number of fused-ring (bicyclic) bond motifs is 1. The molecule has 2 fully saturated rings. The van der Waals surface area contributed by atoms with Crippen LogP contribution in [0.2, 0.25) is 0 Å². The van der Waals surface area contributed by atoms with Gasteiger partial charge in [-0.05, 0) is 43.2 Å². The highest BCUT2D eigenvalue weighted by atomic mass is 19.1. The Morgan fingerprint density at radius 3 is 2.53 bits per heavy atom. The van der Waals surface area contributed by atoms with Gasteiger partial charge in [-0.3, -0.25) is 9.59 Å². The van der Waals surface area contributed by atoms with Gasteiger partial charge in [-0.1, -0.05) is 12.8 Å². The van der Waals surface area contributed by atoms with Crippen molar-refractivity contribution >= 4 is 22.5 Å². The minimum atomic E-state index is -0.671. The van der Waals surface area contributed by atoms with Crippen molar-refractivity contribution < 1.29 is 18.0 Å². The number of halogens is 3. The van der Waals surface area contributed by atoms with Crippen molar-refractivity contribution in [1.29, 1.82) is 0 Å². The summed E-state index contributed by atoms with van der Waals surface area (Å²) in [6, 6.07) is 7.14. The zero-order chi connectivity index (χ0) is 25.5. The van der Waals surface area contributed by atoms with Crippen LogP contribution in [0.25, 0.3) is 10.9 Å². The lowest BCUT2D eigenvalue weighted by Crippen LogP contribution is -2.44. The SMILES string of the molecule is O=C(NCCF)c1ccc(N2CCNCC2)c(F)n1.O=c1[nH]c(C2CCCC2)nc2ccc(F)cc12. The molecule has 1 saturated carbocycles. The molecule has 1 saturated heterocycles. The van der Waals surface area contributed by atoms with E-state index in [4.69, 9.17) is 0 Å². The summed E-state index contributed by atoms with van der Waals surface area (Å²) in [6.45, 7) is 2.23. The number of amides is 1. The van der Waals surface area contributed by atoms with E-state index in [9.17, 15) is 22.8 Å². The van der Waals surface area contributed by atoms with Gasteiger partial charge in [0.05, 0.1) is 16.6 Å². The van der Waals surface area contributed by atoms with Crippen LogP contribution in [-0.4, -0.2) is 60.3 Å². The molecule has 0 spiro atoms. The number of carbonyl (C=O) groups is 1. The van der Waals surface area contributed by atoms with E-state index in [2.05, 4.69) is 25.6 Å². The van der Waals surface area contributed by atoms with Gasteiger partial charge in [-0.2, -0.15) is 4.39 Å². The summed E-state index contributed by atoms with van der Waals surface area (Å²) in [7, 11) is 0. The molecule has 3 N–H and O–H groups in total. The van der Waals surface area contributed by atoms with Crippen LogP contribution in [0.4, 0.5) is 18.9 Å². The van der Waals surface area contributed by atoms with Gasteiger partial charge < -0.3 is 20.5 Å². The number of piperazine rings is 1. The summed E-state index contributed by atoms with van der Waals surface area (Å²) in [5, 5.41) is 5.81. The van der Waals surface area contributed by atoms with Gasteiger partial charge >= 0.3 is 0 Å². The lowest BCUT2D eigenvalue weighted by Gasteiger charge is -2.29. The van der Waals surface area contributed by atoms with E-state index in [1.165, 1.54) is 37.1 Å². The molecule has 1 amide bonds. The smallest absolute Gasteiger partial charge is 0.270 e. The monoisotopic (exact) mass is 502 g/mol. The van der Waals surface area contributed by atoms with E-state index >= 15 is 0 Å². The number of pyridine rings is 1. The van der Waals surface area contributed by atoms with Crippen molar-refractivity contribution in [3.8, 4) is 0 Å². The second-order valence-corrected chi connectivity index (χ2v) is 8.78. The summed E-state index contributed by atoms with van der Waals surface area (Å²) >= 11 is 0. The topological polar surface area (TPSA) is 103 Å². The van der Waals surface area contributed by atoms with E-state index in [-0.39, 0.29) is 17.8 Å². The van der Waals surface area contributed by atoms with E-state index in [1.807, 2.05) is 4.90 Å². The van der Waals surface area contributed by atoms with Gasteiger partial charge in [0, 0.05) is 38.6 Å². The molecule has 0 radical (unpaired) electrons. The van der Waals surface area contributed by atoms with E-state index in [1.54, 1.807) is 6.07 Å². The molecule has 192 valence electrons. The number of anilines is 1. The number of benzene rings is 1. The number of hydrogen-bond donors (Lipinski definition) is 3. The average Bonchev–Trinajstić information content (AvgIpc) is 3.44. The maximum atomic E-state index is 13.9. The molecule has 0 atom stereocenters. The third-order valence-electron chi connectivity index (χ3n) is 6.33. The number of aromatic nitrogens is 3. The first-order chi connectivity index (χ1) is 17.5. The Kier molecular flexibility index (Phi) is 8.52. The lowest BCUT2D eigenvalue weighted by atomic mass is 10.1. The van der Waals surface area contributed by atoms with Crippen molar-refractivity contribution in [3.63, 3.8) is 0 Å². The number of alkyl halides is 1. The Morgan fingerprint density at radius 1 is 1.08 bits per heavy atom. The van der Waals surface area contributed by atoms with Gasteiger partial charge in [0.2, 0.25) is 5.95 Å². The van der Waals surface area contributed by atoms with Crippen LogP contribution in [0.3, 0.4) is 0 Å². The van der Waals surface area contributed by atoms with Crippen LogP contribution >= 0.6 is 0 Å². The Morgan fingerprint density at radius 2 is 1.83 bits per heavy atom. The van der Waals surface area contributed by atoms with Gasteiger partial charge in [0.15, 0.2) is 0 Å². The number of nitrogens with zero attached hydrogens (tertiary/aromatic N) is 3. The first-order valence-corrected chi connectivity index (χ1v) is 12.1. The van der Waals surface area contributed by atoms with Crippen molar-refractivity contribution in [2.45, 2.75) is 31.6 Å². The number of nitrogens with one attached hydrogen (secondary N) is 3. The number of aromatic amines is 1. The summed E-state index contributed by atoms with van der Waals surface area (Å²) in [4.78, 5) is 36.1. The Balaban J connectivity index is 0.000000170. The molecule has 2 aromatic heterocycles. The van der Waals surface area contributed by atoms with Crippen molar-refractivity contribution in [1.82, 2.24) is 25.6 Å². The predicted molar refractivity (Wildman–Crippen MR) is 131 cm³/mol.